The average Bonchev–Trinajstić information content (AvgIpc) is 2.75. The number of rotatable bonds is 1. The molecule has 1 aromatic rings. The molecular formula is C14H16N2S. The van der Waals surface area contributed by atoms with Gasteiger partial charge in [-0.2, -0.15) is 0 Å². The monoisotopic (exact) mass is 244 g/mol. The van der Waals surface area contributed by atoms with E-state index in [1.54, 1.807) is 0 Å². The Morgan fingerprint density at radius 2 is 2.29 bits per heavy atom. The minimum atomic E-state index is 0.581. The Kier molecular flexibility index (Phi) is 2.71. The highest BCUT2D eigenvalue weighted by Crippen LogP contribution is 2.30. The van der Waals surface area contributed by atoms with E-state index in [0.29, 0.717) is 5.92 Å². The van der Waals surface area contributed by atoms with E-state index in [1.807, 2.05) is 0 Å². The van der Waals surface area contributed by atoms with Crippen molar-refractivity contribution < 1.29 is 0 Å². The second-order valence-electron chi connectivity index (χ2n) is 4.91. The maximum Gasteiger partial charge on any atom is 0.0833 e. The number of nitrogens with one attached hydrogen (secondary N) is 1. The van der Waals surface area contributed by atoms with Gasteiger partial charge in [0.25, 0.3) is 0 Å². The second kappa shape index (κ2) is 4.22. The van der Waals surface area contributed by atoms with Gasteiger partial charge in [-0.25, -0.2) is 0 Å². The number of allylic oxidation sites excluding steroid dienone is 1. The lowest BCUT2D eigenvalue weighted by Gasteiger charge is -2.25. The predicted molar refractivity (Wildman–Crippen MR) is 72.9 cm³/mol. The van der Waals surface area contributed by atoms with Crippen molar-refractivity contribution in [2.45, 2.75) is 32.6 Å². The first-order valence-electron chi connectivity index (χ1n) is 6.17. The van der Waals surface area contributed by atoms with Crippen molar-refractivity contribution in [2.75, 3.05) is 0 Å². The lowest BCUT2D eigenvalue weighted by Crippen LogP contribution is -2.25. The van der Waals surface area contributed by atoms with E-state index < -0.39 is 0 Å². The molecule has 0 saturated carbocycles. The minimum Gasteiger partial charge on any atom is -0.353 e. The van der Waals surface area contributed by atoms with Crippen molar-refractivity contribution in [2.24, 2.45) is 5.92 Å². The first-order chi connectivity index (χ1) is 8.22. The molecule has 1 aromatic heterocycles. The summed E-state index contributed by atoms with van der Waals surface area (Å²) >= 11 is 5.19. The minimum absolute atomic E-state index is 0.581. The molecular weight excluding hydrogens is 228 g/mol. The Morgan fingerprint density at radius 1 is 1.41 bits per heavy atom. The van der Waals surface area contributed by atoms with Crippen LogP contribution in [-0.2, 0) is 12.8 Å². The quantitative estimate of drug-likeness (QED) is 0.769. The highest BCUT2D eigenvalue weighted by atomic mass is 32.1. The van der Waals surface area contributed by atoms with Gasteiger partial charge in [0.1, 0.15) is 0 Å². The smallest absolute Gasteiger partial charge is 0.0833 e. The maximum absolute atomic E-state index is 5.19. The lowest BCUT2D eigenvalue weighted by molar-refractivity contribution is 0.503. The SMILES string of the molecule is Cc1ccc2c(n1)CC(C1=CCC(=S)N1)CC2. The van der Waals surface area contributed by atoms with Gasteiger partial charge in [-0.15, -0.1) is 0 Å². The topological polar surface area (TPSA) is 24.9 Å². The Bertz CT molecular complexity index is 505. The largest absolute Gasteiger partial charge is 0.353 e. The number of nitrogens with zero attached hydrogens (tertiary/aromatic N) is 1. The summed E-state index contributed by atoms with van der Waals surface area (Å²) in [5.74, 6) is 0.581. The molecule has 1 N–H and O–H groups in total. The molecule has 88 valence electrons. The molecule has 17 heavy (non-hydrogen) atoms. The van der Waals surface area contributed by atoms with E-state index >= 15 is 0 Å². The molecule has 0 radical (unpaired) electrons. The number of fused-ring (bicyclic) bond motifs is 1. The van der Waals surface area contributed by atoms with Gasteiger partial charge >= 0.3 is 0 Å². The van der Waals surface area contributed by atoms with Gasteiger partial charge in [-0.1, -0.05) is 24.4 Å². The zero-order valence-corrected chi connectivity index (χ0v) is 10.8. The fourth-order valence-electron chi connectivity index (χ4n) is 2.71. The molecule has 0 bridgehead atoms. The van der Waals surface area contributed by atoms with Crippen LogP contribution in [0.25, 0.3) is 0 Å². The Balaban J connectivity index is 1.83. The third kappa shape index (κ3) is 2.12. The summed E-state index contributed by atoms with van der Waals surface area (Å²) < 4.78 is 0. The van der Waals surface area contributed by atoms with Crippen LogP contribution in [0.1, 0.15) is 29.8 Å². The molecule has 2 nitrogen and oxygen atoms in total. The zero-order valence-electron chi connectivity index (χ0n) is 9.99. The zero-order chi connectivity index (χ0) is 11.8. The van der Waals surface area contributed by atoms with Gasteiger partial charge in [-0.05, 0) is 37.8 Å². The van der Waals surface area contributed by atoms with E-state index in [-0.39, 0.29) is 0 Å². The van der Waals surface area contributed by atoms with E-state index in [2.05, 4.69) is 35.4 Å². The molecule has 2 heterocycles. The Labute approximate surface area is 107 Å². The summed E-state index contributed by atoms with van der Waals surface area (Å²) in [6.45, 7) is 2.06. The predicted octanol–water partition coefficient (Wildman–Crippen LogP) is 2.70. The van der Waals surface area contributed by atoms with Crippen molar-refractivity contribution in [1.29, 1.82) is 0 Å². The van der Waals surface area contributed by atoms with Crippen molar-refractivity contribution in [3.63, 3.8) is 0 Å². The molecule has 1 atom stereocenters. The number of aromatic nitrogens is 1. The lowest BCUT2D eigenvalue weighted by atomic mass is 9.85. The van der Waals surface area contributed by atoms with Crippen LogP contribution in [0.2, 0.25) is 0 Å². The van der Waals surface area contributed by atoms with Crippen LogP contribution in [0.5, 0.6) is 0 Å². The molecule has 3 heteroatoms. The molecule has 3 rings (SSSR count). The van der Waals surface area contributed by atoms with Crippen molar-refractivity contribution in [1.82, 2.24) is 10.3 Å². The van der Waals surface area contributed by atoms with Crippen LogP contribution in [0.4, 0.5) is 0 Å². The second-order valence-corrected chi connectivity index (χ2v) is 5.40. The molecule has 0 spiro atoms. The normalized spacial score (nSPS) is 23.0. The standard InChI is InChI=1S/C14H16N2S/c1-9-2-3-10-4-5-11(8-13(10)15-9)12-6-7-14(17)16-12/h2-3,6,11H,4-5,7-8H2,1H3,(H,16,17). The summed E-state index contributed by atoms with van der Waals surface area (Å²) in [5, 5.41) is 3.33. The number of hydrogen-bond donors (Lipinski definition) is 1. The highest BCUT2D eigenvalue weighted by Gasteiger charge is 2.25. The number of pyridine rings is 1. The molecule has 0 fully saturated rings. The van der Waals surface area contributed by atoms with E-state index in [0.717, 1.165) is 29.9 Å². The van der Waals surface area contributed by atoms with Crippen LogP contribution in [0.15, 0.2) is 23.9 Å². The van der Waals surface area contributed by atoms with E-state index in [4.69, 9.17) is 12.2 Å². The summed E-state index contributed by atoms with van der Waals surface area (Å²) in [6, 6.07) is 4.34. The Morgan fingerprint density at radius 3 is 3.06 bits per heavy atom. The van der Waals surface area contributed by atoms with Gasteiger partial charge in [0.2, 0.25) is 0 Å². The average molecular weight is 244 g/mol. The molecule has 0 aromatic carbocycles. The fraction of sp³-hybridized carbons (Fsp3) is 0.429. The van der Waals surface area contributed by atoms with Crippen LogP contribution in [-0.4, -0.2) is 9.97 Å². The van der Waals surface area contributed by atoms with Crippen molar-refractivity contribution in [3.8, 4) is 0 Å². The first-order valence-corrected chi connectivity index (χ1v) is 6.58. The third-order valence-electron chi connectivity index (χ3n) is 3.64. The number of hydrogen-bond acceptors (Lipinski definition) is 2. The molecule has 0 saturated heterocycles. The third-order valence-corrected chi connectivity index (χ3v) is 3.91. The van der Waals surface area contributed by atoms with Gasteiger partial charge in [0, 0.05) is 29.4 Å². The van der Waals surface area contributed by atoms with Gasteiger partial charge < -0.3 is 5.32 Å². The molecule has 1 aliphatic carbocycles. The molecule has 2 aliphatic rings. The van der Waals surface area contributed by atoms with Crippen molar-refractivity contribution >= 4 is 17.2 Å². The summed E-state index contributed by atoms with van der Waals surface area (Å²) in [5.41, 5.74) is 5.15. The summed E-state index contributed by atoms with van der Waals surface area (Å²) in [7, 11) is 0. The van der Waals surface area contributed by atoms with E-state index in [9.17, 15) is 0 Å². The van der Waals surface area contributed by atoms with Crippen molar-refractivity contribution in [3.05, 3.63) is 40.9 Å². The fourth-order valence-corrected chi connectivity index (χ4v) is 2.91. The first kappa shape index (κ1) is 10.9. The number of thiocarbonyl (C=S) groups is 1. The van der Waals surface area contributed by atoms with E-state index in [1.165, 1.54) is 23.4 Å². The van der Waals surface area contributed by atoms with Crippen LogP contribution in [0.3, 0.4) is 0 Å². The van der Waals surface area contributed by atoms with Crippen LogP contribution >= 0.6 is 12.2 Å². The maximum atomic E-state index is 5.19. The molecule has 1 aliphatic heterocycles. The van der Waals surface area contributed by atoms with Gasteiger partial charge in [0.15, 0.2) is 0 Å². The molecule has 1 unspecified atom stereocenters. The highest BCUT2D eigenvalue weighted by molar-refractivity contribution is 7.80. The summed E-state index contributed by atoms with van der Waals surface area (Å²) in [6.07, 6.45) is 6.56. The molecule has 0 amide bonds. The van der Waals surface area contributed by atoms with Crippen LogP contribution in [0, 0.1) is 12.8 Å². The Hall–Kier alpha value is -1.22. The number of aryl methyl sites for hydroxylation is 2. The van der Waals surface area contributed by atoms with Crippen LogP contribution < -0.4 is 5.32 Å². The van der Waals surface area contributed by atoms with Gasteiger partial charge in [-0.3, -0.25) is 4.98 Å². The van der Waals surface area contributed by atoms with Gasteiger partial charge in [0.05, 0.1) is 4.99 Å². The summed E-state index contributed by atoms with van der Waals surface area (Å²) in [4.78, 5) is 5.63.